The topological polar surface area (TPSA) is 118 Å². The lowest BCUT2D eigenvalue weighted by molar-refractivity contribution is 0.102. The number of likely N-dealkylation sites (N-methyl/N-ethyl adjacent to an activating group) is 1. The zero-order chi connectivity index (χ0) is 24.8. The predicted molar refractivity (Wildman–Crippen MR) is 137 cm³/mol. The summed E-state index contributed by atoms with van der Waals surface area (Å²) in [5, 5.41) is 11.9. The van der Waals surface area contributed by atoms with Crippen LogP contribution in [0.2, 0.25) is 0 Å². The van der Waals surface area contributed by atoms with E-state index in [4.69, 9.17) is 5.26 Å². The fourth-order valence-corrected chi connectivity index (χ4v) is 5.88. The minimum absolute atomic E-state index is 0.0376. The van der Waals surface area contributed by atoms with Crippen LogP contribution in [0.5, 0.6) is 0 Å². The molecule has 184 valence electrons. The molecule has 0 unspecified atom stereocenters. The second kappa shape index (κ2) is 11.2. The number of carbonyl (C=O) groups excluding carboxylic acids is 1. The predicted octanol–water partition coefficient (Wildman–Crippen LogP) is 2.88. The van der Waals surface area contributed by atoms with E-state index in [1.165, 1.54) is 41.2 Å². The Morgan fingerprint density at radius 1 is 1.11 bits per heavy atom. The van der Waals surface area contributed by atoms with Gasteiger partial charge in [0, 0.05) is 51.3 Å². The van der Waals surface area contributed by atoms with Gasteiger partial charge in [0.25, 0.3) is 5.91 Å². The number of nitrogens with zero attached hydrogens (tertiary/aromatic N) is 4. The molecule has 2 heterocycles. The first kappa shape index (κ1) is 25.2. The zero-order valence-electron chi connectivity index (χ0n) is 19.5. The van der Waals surface area contributed by atoms with E-state index in [-0.39, 0.29) is 23.8 Å². The second-order valence-corrected chi connectivity index (χ2v) is 11.1. The molecule has 0 aliphatic carbocycles. The van der Waals surface area contributed by atoms with Crippen molar-refractivity contribution in [3.63, 3.8) is 0 Å². The monoisotopic (exact) mass is 512 g/mol. The molecule has 1 aliphatic heterocycles. The van der Waals surface area contributed by atoms with Crippen molar-refractivity contribution in [3.05, 3.63) is 53.6 Å². The third-order valence-corrected chi connectivity index (χ3v) is 8.36. The molecular weight excluding hydrogens is 484 g/mol. The Labute approximate surface area is 209 Å². The number of hydrogen-bond donors (Lipinski definition) is 2. The average Bonchev–Trinajstić information content (AvgIpc) is 3.26. The number of fused-ring (bicyclic) bond motifs is 1. The first-order valence-electron chi connectivity index (χ1n) is 11.5. The fraction of sp³-hybridized carbons (Fsp3) is 0.375. The summed E-state index contributed by atoms with van der Waals surface area (Å²) in [4.78, 5) is 22.2. The number of hydrogen-bond acceptors (Lipinski definition) is 8. The van der Waals surface area contributed by atoms with E-state index in [9.17, 15) is 13.2 Å². The van der Waals surface area contributed by atoms with Gasteiger partial charge in [-0.1, -0.05) is 24.3 Å². The lowest BCUT2D eigenvalue weighted by atomic mass is 10.2. The molecule has 1 saturated heterocycles. The summed E-state index contributed by atoms with van der Waals surface area (Å²) < 4.78 is 27.8. The SMILES string of the molecule is CCN1CCN(Cc2ccc3nc(NC(=O)c4ccc(S(=O)(=O)NCCC#N)cc4)sc3c2)CC1. The zero-order valence-corrected chi connectivity index (χ0v) is 21.2. The number of rotatable bonds is 9. The van der Waals surface area contributed by atoms with Crippen LogP contribution in [0, 0.1) is 11.3 Å². The molecule has 1 aromatic heterocycles. The summed E-state index contributed by atoms with van der Waals surface area (Å²) in [6.07, 6.45) is 0.0827. The van der Waals surface area contributed by atoms with Crippen molar-refractivity contribution in [1.29, 1.82) is 5.26 Å². The fourth-order valence-electron chi connectivity index (χ4n) is 3.92. The number of sulfonamides is 1. The number of carbonyl (C=O) groups is 1. The largest absolute Gasteiger partial charge is 0.301 e. The highest BCUT2D eigenvalue weighted by Gasteiger charge is 2.17. The maximum Gasteiger partial charge on any atom is 0.257 e. The summed E-state index contributed by atoms with van der Waals surface area (Å²) in [5.41, 5.74) is 2.38. The van der Waals surface area contributed by atoms with Crippen LogP contribution >= 0.6 is 11.3 Å². The van der Waals surface area contributed by atoms with Crippen molar-refractivity contribution in [3.8, 4) is 6.07 Å². The molecule has 0 radical (unpaired) electrons. The molecule has 0 bridgehead atoms. The van der Waals surface area contributed by atoms with Gasteiger partial charge in [0.15, 0.2) is 5.13 Å². The number of amides is 1. The van der Waals surface area contributed by atoms with Crippen molar-refractivity contribution in [1.82, 2.24) is 19.5 Å². The third kappa shape index (κ3) is 6.42. The Balaban J connectivity index is 1.38. The van der Waals surface area contributed by atoms with E-state index < -0.39 is 10.0 Å². The highest BCUT2D eigenvalue weighted by Crippen LogP contribution is 2.28. The standard InChI is InChI=1S/C24H28N6O3S2/c1-2-29-12-14-30(15-13-29)17-18-4-9-21-22(16-18)34-24(27-21)28-23(31)19-5-7-20(8-6-19)35(32,33)26-11-3-10-25/h4-9,16,26H,2-3,11-15,17H2,1H3,(H,27,28,31). The maximum atomic E-state index is 12.7. The number of aromatic nitrogens is 1. The minimum atomic E-state index is -3.72. The molecule has 35 heavy (non-hydrogen) atoms. The van der Waals surface area contributed by atoms with E-state index in [1.807, 2.05) is 12.1 Å². The highest BCUT2D eigenvalue weighted by molar-refractivity contribution is 7.89. The molecule has 0 spiro atoms. The van der Waals surface area contributed by atoms with Gasteiger partial charge in [0.05, 0.1) is 21.2 Å². The van der Waals surface area contributed by atoms with Crippen LogP contribution in [0.15, 0.2) is 47.4 Å². The molecule has 4 rings (SSSR count). The first-order valence-corrected chi connectivity index (χ1v) is 13.8. The van der Waals surface area contributed by atoms with Crippen LogP contribution < -0.4 is 10.0 Å². The van der Waals surface area contributed by atoms with Gasteiger partial charge in [-0.3, -0.25) is 15.0 Å². The second-order valence-electron chi connectivity index (χ2n) is 8.32. The van der Waals surface area contributed by atoms with Crippen LogP contribution in [0.3, 0.4) is 0 Å². The molecule has 2 N–H and O–H groups in total. The van der Waals surface area contributed by atoms with Crippen molar-refractivity contribution in [2.24, 2.45) is 0 Å². The number of thiazole rings is 1. The summed E-state index contributed by atoms with van der Waals surface area (Å²) in [7, 11) is -3.72. The van der Waals surface area contributed by atoms with Crippen LogP contribution in [-0.4, -0.2) is 68.4 Å². The lowest BCUT2D eigenvalue weighted by Crippen LogP contribution is -2.45. The van der Waals surface area contributed by atoms with E-state index >= 15 is 0 Å². The molecule has 0 saturated carbocycles. The normalized spacial score (nSPS) is 15.2. The third-order valence-electron chi connectivity index (χ3n) is 5.95. The number of anilines is 1. The van der Waals surface area contributed by atoms with E-state index in [1.54, 1.807) is 0 Å². The molecular formula is C24H28N6O3S2. The van der Waals surface area contributed by atoms with Crippen LogP contribution in [0.1, 0.15) is 29.3 Å². The summed E-state index contributed by atoms with van der Waals surface area (Å²) in [5.74, 6) is -0.362. The van der Waals surface area contributed by atoms with Gasteiger partial charge in [-0.25, -0.2) is 18.1 Å². The van der Waals surface area contributed by atoms with Crippen LogP contribution in [0.25, 0.3) is 10.2 Å². The van der Waals surface area contributed by atoms with Gasteiger partial charge in [-0.15, -0.1) is 0 Å². The van der Waals surface area contributed by atoms with Gasteiger partial charge in [0.2, 0.25) is 10.0 Å². The summed E-state index contributed by atoms with van der Waals surface area (Å²) in [6.45, 7) is 8.54. The van der Waals surface area contributed by atoms with Crippen LogP contribution in [0.4, 0.5) is 5.13 Å². The van der Waals surface area contributed by atoms with Gasteiger partial charge in [0.1, 0.15) is 0 Å². The van der Waals surface area contributed by atoms with Crippen LogP contribution in [-0.2, 0) is 16.6 Å². The maximum absolute atomic E-state index is 12.7. The van der Waals surface area contributed by atoms with Gasteiger partial charge >= 0.3 is 0 Å². The number of piperazine rings is 1. The smallest absolute Gasteiger partial charge is 0.257 e. The summed E-state index contributed by atoms with van der Waals surface area (Å²) >= 11 is 1.42. The van der Waals surface area contributed by atoms with E-state index in [0.717, 1.165) is 49.5 Å². The van der Waals surface area contributed by atoms with Crippen molar-refractivity contribution < 1.29 is 13.2 Å². The molecule has 1 amide bonds. The Morgan fingerprint density at radius 2 is 1.83 bits per heavy atom. The molecule has 3 aromatic rings. The van der Waals surface area contributed by atoms with Gasteiger partial charge in [-0.05, 0) is 48.5 Å². The molecule has 1 fully saturated rings. The molecule has 11 heteroatoms. The van der Waals surface area contributed by atoms with E-state index in [0.29, 0.717) is 10.7 Å². The van der Waals surface area contributed by atoms with Crippen molar-refractivity contribution in [2.75, 3.05) is 44.6 Å². The summed E-state index contributed by atoms with van der Waals surface area (Å²) in [6, 6.07) is 13.7. The average molecular weight is 513 g/mol. The Bertz CT molecular complexity index is 1320. The highest BCUT2D eigenvalue weighted by atomic mass is 32.2. The van der Waals surface area contributed by atoms with Gasteiger partial charge in [-0.2, -0.15) is 5.26 Å². The van der Waals surface area contributed by atoms with Gasteiger partial charge < -0.3 is 4.90 Å². The molecule has 9 nitrogen and oxygen atoms in total. The lowest BCUT2D eigenvalue weighted by Gasteiger charge is -2.34. The number of nitriles is 1. The Kier molecular flexibility index (Phi) is 8.10. The number of benzene rings is 2. The number of nitrogens with one attached hydrogen (secondary N) is 2. The van der Waals surface area contributed by atoms with Crippen molar-refractivity contribution >= 4 is 42.6 Å². The minimum Gasteiger partial charge on any atom is -0.301 e. The molecule has 2 aromatic carbocycles. The Morgan fingerprint density at radius 3 is 2.51 bits per heavy atom. The molecule has 0 atom stereocenters. The first-order chi connectivity index (χ1) is 16.9. The molecule has 1 aliphatic rings. The Hall–Kier alpha value is -2.88. The quantitative estimate of drug-likeness (QED) is 0.423. The van der Waals surface area contributed by atoms with Crippen molar-refractivity contribution in [2.45, 2.75) is 24.8 Å². The van der Waals surface area contributed by atoms with E-state index in [2.05, 4.69) is 43.9 Å².